The fourth-order valence-corrected chi connectivity index (χ4v) is 2.85. The first-order valence-electron chi connectivity index (χ1n) is 8.12. The van der Waals surface area contributed by atoms with Crippen LogP contribution in [0.25, 0.3) is 11.2 Å². The Balaban J connectivity index is 2.02. The number of carbonyl (C=O) groups excluding carboxylic acids is 1. The molecule has 3 aromatic rings. The molecule has 0 bridgehead atoms. The molecule has 0 saturated heterocycles. The van der Waals surface area contributed by atoms with Gasteiger partial charge in [-0.2, -0.15) is 4.98 Å². The maximum Gasteiger partial charge on any atom is 0.332 e. The molecule has 136 valence electrons. The Morgan fingerprint density at radius 3 is 2.50 bits per heavy atom. The Kier molecular flexibility index (Phi) is 4.61. The molecule has 0 spiro atoms. The number of nitrogens with zero attached hydrogens (tertiary/aromatic N) is 4. The molecule has 1 aromatic carbocycles. The maximum absolute atomic E-state index is 12.5. The number of aryl methyl sites for hydroxylation is 1. The van der Waals surface area contributed by atoms with Crippen molar-refractivity contribution in [2.75, 3.05) is 11.9 Å². The van der Waals surface area contributed by atoms with Crippen LogP contribution in [0, 0.1) is 0 Å². The van der Waals surface area contributed by atoms with Crippen molar-refractivity contribution < 1.29 is 4.79 Å². The Morgan fingerprint density at radius 1 is 1.15 bits per heavy atom. The third-order valence-electron chi connectivity index (χ3n) is 4.20. The second kappa shape index (κ2) is 6.87. The number of imidazole rings is 1. The molecule has 0 saturated carbocycles. The molecule has 9 heteroatoms. The highest BCUT2D eigenvalue weighted by Crippen LogP contribution is 2.15. The molecule has 26 heavy (non-hydrogen) atoms. The van der Waals surface area contributed by atoms with Crippen molar-refractivity contribution in [1.29, 1.82) is 0 Å². The van der Waals surface area contributed by atoms with Crippen LogP contribution in [0.1, 0.15) is 5.56 Å². The number of anilines is 1. The van der Waals surface area contributed by atoms with Gasteiger partial charge in [-0.1, -0.05) is 30.3 Å². The fraction of sp³-hybridized carbons (Fsp3) is 0.294. The van der Waals surface area contributed by atoms with E-state index >= 15 is 0 Å². The molecule has 0 aliphatic heterocycles. The zero-order valence-corrected chi connectivity index (χ0v) is 14.6. The Bertz CT molecular complexity index is 1080. The van der Waals surface area contributed by atoms with E-state index < -0.39 is 17.2 Å². The summed E-state index contributed by atoms with van der Waals surface area (Å²) in [6.07, 6.45) is 0.734. The van der Waals surface area contributed by atoms with Crippen molar-refractivity contribution in [2.45, 2.75) is 13.0 Å². The predicted molar refractivity (Wildman–Crippen MR) is 98.0 cm³/mol. The van der Waals surface area contributed by atoms with Crippen molar-refractivity contribution in [3.63, 3.8) is 0 Å². The van der Waals surface area contributed by atoms with Gasteiger partial charge >= 0.3 is 5.69 Å². The summed E-state index contributed by atoms with van der Waals surface area (Å²) in [7, 11) is 2.91. The lowest BCUT2D eigenvalue weighted by atomic mass is 10.1. The topological polar surface area (TPSA) is 117 Å². The number of hydrogen-bond acceptors (Lipinski definition) is 5. The molecule has 3 N–H and O–H groups in total. The normalized spacial score (nSPS) is 11.0. The molecular weight excluding hydrogens is 336 g/mol. The second-order valence-electron chi connectivity index (χ2n) is 6.03. The molecule has 3 rings (SSSR count). The Hall–Kier alpha value is -3.36. The number of benzene rings is 1. The molecule has 0 atom stereocenters. The SMILES string of the molecule is Cn1c(=O)c2c(nc(NCCc3ccccc3)n2CC(N)=O)n(C)c1=O. The van der Waals surface area contributed by atoms with Crippen molar-refractivity contribution in [2.24, 2.45) is 19.8 Å². The van der Waals surface area contributed by atoms with E-state index in [0.29, 0.717) is 12.5 Å². The third-order valence-corrected chi connectivity index (χ3v) is 4.20. The zero-order valence-electron chi connectivity index (χ0n) is 14.6. The van der Waals surface area contributed by atoms with Gasteiger partial charge in [0.1, 0.15) is 6.54 Å². The summed E-state index contributed by atoms with van der Waals surface area (Å²) in [6.45, 7) is 0.331. The monoisotopic (exact) mass is 356 g/mol. The van der Waals surface area contributed by atoms with Gasteiger partial charge in [0.25, 0.3) is 5.56 Å². The number of amides is 1. The second-order valence-corrected chi connectivity index (χ2v) is 6.03. The summed E-state index contributed by atoms with van der Waals surface area (Å²) in [6, 6.07) is 9.87. The van der Waals surface area contributed by atoms with Gasteiger partial charge in [0.2, 0.25) is 11.9 Å². The summed E-state index contributed by atoms with van der Waals surface area (Å²) in [5, 5.41) is 3.13. The molecule has 2 heterocycles. The number of nitrogens with two attached hydrogens (primary N) is 1. The predicted octanol–water partition coefficient (Wildman–Crippen LogP) is -0.426. The van der Waals surface area contributed by atoms with Gasteiger partial charge < -0.3 is 11.1 Å². The summed E-state index contributed by atoms with van der Waals surface area (Å²) < 4.78 is 3.68. The average molecular weight is 356 g/mol. The maximum atomic E-state index is 12.5. The Morgan fingerprint density at radius 2 is 1.85 bits per heavy atom. The molecule has 0 aliphatic carbocycles. The van der Waals surface area contributed by atoms with Crippen molar-refractivity contribution in [3.8, 4) is 0 Å². The average Bonchev–Trinajstić information content (AvgIpc) is 2.97. The Labute approximate surface area is 148 Å². The van der Waals surface area contributed by atoms with Crippen molar-refractivity contribution in [3.05, 3.63) is 56.7 Å². The van der Waals surface area contributed by atoms with Crippen LogP contribution >= 0.6 is 0 Å². The summed E-state index contributed by atoms with van der Waals surface area (Å²) in [4.78, 5) is 40.5. The van der Waals surface area contributed by atoms with Crippen molar-refractivity contribution >= 4 is 23.0 Å². The first kappa shape index (κ1) is 17.5. The molecule has 0 fully saturated rings. The number of carbonyl (C=O) groups is 1. The van der Waals surface area contributed by atoms with Crippen LogP contribution in [0.2, 0.25) is 0 Å². The van der Waals surface area contributed by atoms with Crippen LogP contribution in [0.15, 0.2) is 39.9 Å². The lowest BCUT2D eigenvalue weighted by molar-refractivity contribution is -0.118. The quantitative estimate of drug-likeness (QED) is 0.622. The van der Waals surface area contributed by atoms with Crippen LogP contribution < -0.4 is 22.3 Å². The number of rotatable bonds is 6. The molecular formula is C17H20N6O3. The number of fused-ring (bicyclic) bond motifs is 1. The minimum absolute atomic E-state index is 0.163. The van der Waals surface area contributed by atoms with E-state index in [1.54, 1.807) is 0 Å². The van der Waals surface area contributed by atoms with Gasteiger partial charge in [0, 0.05) is 20.6 Å². The van der Waals surface area contributed by atoms with E-state index in [1.165, 1.54) is 23.2 Å². The minimum Gasteiger partial charge on any atom is -0.368 e. The summed E-state index contributed by atoms with van der Waals surface area (Å²) in [5.74, 6) is -0.278. The van der Waals surface area contributed by atoms with Gasteiger partial charge in [0.15, 0.2) is 11.2 Å². The molecule has 2 aromatic heterocycles. The molecule has 0 aliphatic rings. The van der Waals surface area contributed by atoms with Crippen LogP contribution in [0.4, 0.5) is 5.95 Å². The highest BCUT2D eigenvalue weighted by atomic mass is 16.2. The first-order chi connectivity index (χ1) is 12.4. The van der Waals surface area contributed by atoms with Gasteiger partial charge in [-0.25, -0.2) is 4.79 Å². The van der Waals surface area contributed by atoms with E-state index in [2.05, 4.69) is 10.3 Å². The van der Waals surface area contributed by atoms with Crippen LogP contribution in [0.5, 0.6) is 0 Å². The van der Waals surface area contributed by atoms with Gasteiger partial charge in [-0.05, 0) is 12.0 Å². The fourth-order valence-electron chi connectivity index (χ4n) is 2.85. The largest absolute Gasteiger partial charge is 0.368 e. The lowest BCUT2D eigenvalue weighted by Crippen LogP contribution is -2.38. The number of nitrogens with one attached hydrogen (secondary N) is 1. The van der Waals surface area contributed by atoms with Crippen LogP contribution in [0.3, 0.4) is 0 Å². The van der Waals surface area contributed by atoms with E-state index in [1.807, 2.05) is 30.3 Å². The molecule has 9 nitrogen and oxygen atoms in total. The summed E-state index contributed by atoms with van der Waals surface area (Å²) >= 11 is 0. The summed E-state index contributed by atoms with van der Waals surface area (Å²) in [5.41, 5.74) is 5.83. The van der Waals surface area contributed by atoms with E-state index in [0.717, 1.165) is 16.6 Å². The van der Waals surface area contributed by atoms with Gasteiger partial charge in [-0.3, -0.25) is 23.3 Å². The van der Waals surface area contributed by atoms with Crippen LogP contribution in [-0.2, 0) is 31.9 Å². The lowest BCUT2D eigenvalue weighted by Gasteiger charge is -2.09. The smallest absolute Gasteiger partial charge is 0.332 e. The third kappa shape index (κ3) is 3.10. The first-order valence-corrected chi connectivity index (χ1v) is 8.12. The molecule has 0 unspecified atom stereocenters. The van der Waals surface area contributed by atoms with E-state index in [4.69, 9.17) is 5.73 Å². The highest BCUT2D eigenvalue weighted by Gasteiger charge is 2.19. The molecule has 0 radical (unpaired) electrons. The van der Waals surface area contributed by atoms with Gasteiger partial charge in [0.05, 0.1) is 0 Å². The van der Waals surface area contributed by atoms with Crippen LogP contribution in [-0.4, -0.2) is 31.1 Å². The number of hydrogen-bond donors (Lipinski definition) is 2. The zero-order chi connectivity index (χ0) is 18.8. The van der Waals surface area contributed by atoms with Crippen molar-refractivity contribution in [1.82, 2.24) is 18.7 Å². The number of primary amides is 1. The minimum atomic E-state index is -0.605. The molecule has 1 amide bonds. The van der Waals surface area contributed by atoms with Gasteiger partial charge in [-0.15, -0.1) is 0 Å². The van der Waals surface area contributed by atoms with E-state index in [9.17, 15) is 14.4 Å². The van der Waals surface area contributed by atoms with E-state index in [-0.39, 0.29) is 17.7 Å². The standard InChI is InChI=1S/C17H20N6O3/c1-21-14-13(15(25)22(2)17(21)26)23(10-12(18)24)16(20-14)19-9-8-11-6-4-3-5-7-11/h3-7H,8-10H2,1-2H3,(H2,18,24)(H,19,20). The number of aromatic nitrogens is 4. The highest BCUT2D eigenvalue weighted by molar-refractivity contribution is 5.80.